The van der Waals surface area contributed by atoms with E-state index in [0.29, 0.717) is 5.56 Å². The molecule has 0 fully saturated rings. The monoisotopic (exact) mass is 365 g/mol. The highest BCUT2D eigenvalue weighted by molar-refractivity contribution is 5.99. The minimum absolute atomic E-state index is 0.311. The van der Waals surface area contributed by atoms with Gasteiger partial charge in [-0.1, -0.05) is 82.3 Å². The summed E-state index contributed by atoms with van der Waals surface area (Å²) in [6.45, 7) is 11.9. The van der Waals surface area contributed by atoms with Crippen LogP contribution in [-0.2, 0) is 4.74 Å². The van der Waals surface area contributed by atoms with E-state index >= 15 is 0 Å². The van der Waals surface area contributed by atoms with E-state index in [4.69, 9.17) is 4.74 Å². The maximum atomic E-state index is 12.1. The molecular weight excluding hydrogens is 334 g/mol. The molecule has 0 aliphatic rings. The van der Waals surface area contributed by atoms with Crippen LogP contribution in [0.4, 0.5) is 0 Å². The summed E-state index contributed by atoms with van der Waals surface area (Å²) in [5.74, 6) is -0.311. The van der Waals surface area contributed by atoms with Gasteiger partial charge in [-0.25, -0.2) is 4.79 Å². The first kappa shape index (κ1) is 22.2. The number of carbonyl (C=O) groups excluding carboxylic acids is 1. The number of hydrogen-bond acceptors (Lipinski definition) is 2. The van der Waals surface area contributed by atoms with Gasteiger partial charge in [0, 0.05) is 17.0 Å². The highest BCUT2D eigenvalue weighted by Crippen LogP contribution is 2.32. The van der Waals surface area contributed by atoms with Crippen LogP contribution >= 0.6 is 0 Å². The maximum absolute atomic E-state index is 12.1. The van der Waals surface area contributed by atoms with Gasteiger partial charge in [-0.15, -0.1) is 0 Å². The van der Waals surface area contributed by atoms with Crippen molar-refractivity contribution in [1.29, 1.82) is 0 Å². The zero-order chi connectivity index (χ0) is 20.4. The lowest BCUT2D eigenvalue weighted by Crippen LogP contribution is -2.03. The van der Waals surface area contributed by atoms with Crippen LogP contribution in [0.25, 0.3) is 22.3 Å². The topological polar surface area (TPSA) is 42.1 Å². The number of hydrogen-bond donors (Lipinski definition) is 1. The van der Waals surface area contributed by atoms with Gasteiger partial charge in [-0.2, -0.15) is 0 Å². The molecule has 27 heavy (non-hydrogen) atoms. The molecule has 1 N–H and O–H groups in total. The highest BCUT2D eigenvalue weighted by Gasteiger charge is 2.21. The van der Waals surface area contributed by atoms with E-state index in [1.807, 2.05) is 71.9 Å². The molecule has 1 heterocycles. The fraction of sp³-hybridized carbons (Fsp3) is 0.292. The van der Waals surface area contributed by atoms with Crippen LogP contribution < -0.4 is 0 Å². The average Bonchev–Trinajstić information content (AvgIpc) is 3.05. The summed E-state index contributed by atoms with van der Waals surface area (Å²) in [5, 5.41) is 0. The first-order valence-electron chi connectivity index (χ1n) is 9.55. The lowest BCUT2D eigenvalue weighted by molar-refractivity contribution is 0.0601. The summed E-state index contributed by atoms with van der Waals surface area (Å²) in [6, 6.07) is 18.5. The number of aryl methyl sites for hydroxylation is 2. The number of methoxy groups -OCH3 is 1. The fourth-order valence-corrected chi connectivity index (χ4v) is 2.96. The van der Waals surface area contributed by atoms with Crippen molar-refractivity contribution in [3.05, 3.63) is 71.5 Å². The molecule has 2 aromatic carbocycles. The molecule has 0 bridgehead atoms. The Morgan fingerprint density at radius 2 is 1.22 bits per heavy atom. The Balaban J connectivity index is 0.000000855. The molecule has 0 aliphatic carbocycles. The Labute approximate surface area is 163 Å². The molecule has 0 saturated heterocycles. The first-order chi connectivity index (χ1) is 13.1. The molecule has 1 aromatic heterocycles. The largest absolute Gasteiger partial charge is 0.465 e. The van der Waals surface area contributed by atoms with Crippen molar-refractivity contribution < 1.29 is 9.53 Å². The summed E-state index contributed by atoms with van der Waals surface area (Å²) in [7, 11) is 1.41. The van der Waals surface area contributed by atoms with Gasteiger partial charge < -0.3 is 9.72 Å². The quantitative estimate of drug-likeness (QED) is 0.518. The van der Waals surface area contributed by atoms with Gasteiger partial charge in [0.15, 0.2) is 0 Å². The third-order valence-corrected chi connectivity index (χ3v) is 4.05. The van der Waals surface area contributed by atoms with Crippen molar-refractivity contribution in [2.45, 2.75) is 41.5 Å². The molecule has 3 nitrogen and oxygen atoms in total. The normalized spacial score (nSPS) is 9.44. The number of nitrogens with one attached hydrogen (secondary N) is 1. The summed E-state index contributed by atoms with van der Waals surface area (Å²) < 4.78 is 4.93. The van der Waals surface area contributed by atoms with Gasteiger partial charge in [-0.3, -0.25) is 0 Å². The number of rotatable bonds is 3. The highest BCUT2D eigenvalue weighted by atomic mass is 16.5. The molecule has 3 rings (SSSR count). The number of carbonyl (C=O) groups is 1. The molecule has 3 aromatic rings. The molecule has 0 amide bonds. The number of esters is 1. The van der Waals surface area contributed by atoms with Gasteiger partial charge in [0.2, 0.25) is 0 Å². The Bertz CT molecular complexity index is 831. The van der Waals surface area contributed by atoms with E-state index in [0.717, 1.165) is 28.1 Å². The van der Waals surface area contributed by atoms with Crippen LogP contribution in [-0.4, -0.2) is 18.1 Å². The van der Waals surface area contributed by atoms with Crippen molar-refractivity contribution in [2.75, 3.05) is 7.11 Å². The molecule has 0 unspecified atom stereocenters. The van der Waals surface area contributed by atoms with Crippen molar-refractivity contribution in [2.24, 2.45) is 0 Å². The van der Waals surface area contributed by atoms with Gasteiger partial charge in [-0.05, 0) is 30.5 Å². The average molecular weight is 366 g/mol. The predicted octanol–water partition coefficient (Wildman–Crippen LogP) is 6.80. The van der Waals surface area contributed by atoms with Crippen LogP contribution in [0.1, 0.15) is 49.4 Å². The van der Waals surface area contributed by atoms with E-state index in [1.54, 1.807) is 0 Å². The summed E-state index contributed by atoms with van der Waals surface area (Å²) in [6.07, 6.45) is 0. The number of ether oxygens (including phenoxy) is 1. The summed E-state index contributed by atoms with van der Waals surface area (Å²) >= 11 is 0. The van der Waals surface area contributed by atoms with Gasteiger partial charge in [0.1, 0.15) is 0 Å². The second-order valence-electron chi connectivity index (χ2n) is 5.56. The molecular formula is C24H31NO2. The Morgan fingerprint density at radius 1 is 0.741 bits per heavy atom. The van der Waals surface area contributed by atoms with Crippen molar-refractivity contribution >= 4 is 5.97 Å². The van der Waals surface area contributed by atoms with E-state index in [9.17, 15) is 4.79 Å². The smallest absolute Gasteiger partial charge is 0.340 e. The van der Waals surface area contributed by atoms with E-state index in [-0.39, 0.29) is 5.97 Å². The van der Waals surface area contributed by atoms with Gasteiger partial charge in [0.25, 0.3) is 0 Å². The third-order valence-electron chi connectivity index (χ3n) is 4.05. The first-order valence-corrected chi connectivity index (χ1v) is 9.55. The fourth-order valence-electron chi connectivity index (χ4n) is 2.96. The van der Waals surface area contributed by atoms with Crippen LogP contribution in [0.5, 0.6) is 0 Å². The zero-order valence-electron chi connectivity index (χ0n) is 17.5. The molecule has 0 saturated carbocycles. The van der Waals surface area contributed by atoms with E-state index in [2.05, 4.69) is 29.2 Å². The van der Waals surface area contributed by atoms with Crippen molar-refractivity contribution in [3.63, 3.8) is 0 Å². The van der Waals surface area contributed by atoms with E-state index in [1.165, 1.54) is 12.7 Å². The maximum Gasteiger partial charge on any atom is 0.340 e. The molecule has 0 aliphatic heterocycles. The standard InChI is InChI=1S/C20H19NO2.2C2H6/c1-13-18(19(14(2)21-13)20(22)23-3)17-11-9-16(10-12-17)15-7-5-4-6-8-15;2*1-2/h4-12,21H,1-3H3;2*1-2H3. The van der Waals surface area contributed by atoms with Crippen molar-refractivity contribution in [1.82, 2.24) is 4.98 Å². The summed E-state index contributed by atoms with van der Waals surface area (Å²) in [4.78, 5) is 15.3. The number of benzene rings is 2. The minimum Gasteiger partial charge on any atom is -0.465 e. The van der Waals surface area contributed by atoms with Crippen LogP contribution in [0.15, 0.2) is 54.6 Å². The zero-order valence-corrected chi connectivity index (χ0v) is 17.5. The van der Waals surface area contributed by atoms with Crippen LogP contribution in [0.3, 0.4) is 0 Å². The predicted molar refractivity (Wildman–Crippen MR) is 115 cm³/mol. The third kappa shape index (κ3) is 5.10. The second kappa shape index (κ2) is 11.0. The Kier molecular flexibility index (Phi) is 9.07. The Morgan fingerprint density at radius 3 is 1.74 bits per heavy atom. The minimum atomic E-state index is -0.311. The molecule has 0 spiro atoms. The summed E-state index contributed by atoms with van der Waals surface area (Å²) in [5.41, 5.74) is 6.65. The number of H-pyrrole nitrogens is 1. The Hall–Kier alpha value is -2.81. The second-order valence-corrected chi connectivity index (χ2v) is 5.56. The van der Waals surface area contributed by atoms with Gasteiger partial charge >= 0.3 is 5.97 Å². The molecule has 0 radical (unpaired) electrons. The number of aromatic amines is 1. The lowest BCUT2D eigenvalue weighted by atomic mass is 9.97. The van der Waals surface area contributed by atoms with E-state index < -0.39 is 0 Å². The SMILES string of the molecule is CC.CC.COC(=O)c1c(C)[nH]c(C)c1-c1ccc(-c2ccccc2)cc1. The van der Waals surface area contributed by atoms with Crippen LogP contribution in [0.2, 0.25) is 0 Å². The molecule has 0 atom stereocenters. The number of aromatic nitrogens is 1. The van der Waals surface area contributed by atoms with Crippen molar-refractivity contribution in [3.8, 4) is 22.3 Å². The lowest BCUT2D eigenvalue weighted by Gasteiger charge is -2.07. The molecule has 3 heteroatoms. The van der Waals surface area contributed by atoms with Crippen LogP contribution in [0, 0.1) is 13.8 Å². The molecule has 144 valence electrons. The van der Waals surface area contributed by atoms with Gasteiger partial charge in [0.05, 0.1) is 12.7 Å².